The number of benzene rings is 2. The quantitative estimate of drug-likeness (QED) is 0.723. The van der Waals surface area contributed by atoms with E-state index < -0.39 is 0 Å². The summed E-state index contributed by atoms with van der Waals surface area (Å²) in [6.07, 6.45) is 0.546. The van der Waals surface area contributed by atoms with Crippen LogP contribution in [0.15, 0.2) is 52.3 Å². The van der Waals surface area contributed by atoms with Gasteiger partial charge in [-0.25, -0.2) is 0 Å². The van der Waals surface area contributed by atoms with Crippen molar-refractivity contribution in [3.8, 4) is 0 Å². The molecule has 2 rings (SSSR count). The molecule has 0 atom stereocenters. The number of rotatable bonds is 4. The molecular weight excluding hydrogens is 252 g/mol. The van der Waals surface area contributed by atoms with Crippen molar-refractivity contribution in [2.24, 2.45) is 0 Å². The molecule has 1 nitrogen and oxygen atoms in total. The van der Waals surface area contributed by atoms with Gasteiger partial charge in [0.1, 0.15) is 0 Å². The fourth-order valence-corrected chi connectivity index (χ4v) is 2.94. The normalized spacial score (nSPS) is 10.5. The molecule has 0 fully saturated rings. The third kappa shape index (κ3) is 3.27. The summed E-state index contributed by atoms with van der Waals surface area (Å²) < 4.78 is 0. The molecule has 0 aliphatic rings. The third-order valence-electron chi connectivity index (χ3n) is 3.21. The highest BCUT2D eigenvalue weighted by molar-refractivity contribution is 7.99. The topological polar surface area (TPSA) is 17.1 Å². The number of ketones is 1. The van der Waals surface area contributed by atoms with Crippen LogP contribution in [0.4, 0.5) is 0 Å². The number of carbonyl (C=O) groups excluding carboxylic acids is 1. The first-order valence-electron chi connectivity index (χ1n) is 6.49. The van der Waals surface area contributed by atoms with Crippen LogP contribution in [0, 0.1) is 13.8 Å². The van der Waals surface area contributed by atoms with E-state index in [2.05, 4.69) is 32.0 Å². The minimum Gasteiger partial charge on any atom is -0.294 e. The van der Waals surface area contributed by atoms with Crippen LogP contribution in [0.25, 0.3) is 0 Å². The highest BCUT2D eigenvalue weighted by atomic mass is 32.2. The summed E-state index contributed by atoms with van der Waals surface area (Å²) in [5.41, 5.74) is 3.40. The molecule has 0 aliphatic heterocycles. The Morgan fingerprint density at radius 1 is 1.05 bits per heavy atom. The van der Waals surface area contributed by atoms with Crippen LogP contribution in [-0.4, -0.2) is 5.78 Å². The van der Waals surface area contributed by atoms with Crippen LogP contribution < -0.4 is 0 Å². The Hall–Kier alpha value is -1.54. The highest BCUT2D eigenvalue weighted by Crippen LogP contribution is 2.32. The molecule has 0 radical (unpaired) electrons. The van der Waals surface area contributed by atoms with Gasteiger partial charge in [-0.15, -0.1) is 0 Å². The van der Waals surface area contributed by atoms with Crippen LogP contribution in [0.2, 0.25) is 0 Å². The van der Waals surface area contributed by atoms with E-state index in [0.717, 1.165) is 10.5 Å². The molecular formula is C17H18OS. The molecule has 2 aromatic rings. The molecule has 0 amide bonds. The maximum atomic E-state index is 11.9. The second kappa shape index (κ2) is 6.07. The summed E-state index contributed by atoms with van der Waals surface area (Å²) in [6.45, 7) is 6.13. The highest BCUT2D eigenvalue weighted by Gasteiger charge is 2.10. The second-order valence-electron chi connectivity index (χ2n) is 4.62. The zero-order chi connectivity index (χ0) is 13.8. The van der Waals surface area contributed by atoms with Gasteiger partial charge >= 0.3 is 0 Å². The van der Waals surface area contributed by atoms with Crippen molar-refractivity contribution >= 4 is 17.5 Å². The van der Waals surface area contributed by atoms with Gasteiger partial charge in [0.15, 0.2) is 5.78 Å². The lowest BCUT2D eigenvalue weighted by atomic mass is 10.1. The molecule has 0 spiro atoms. The van der Waals surface area contributed by atoms with E-state index in [1.54, 1.807) is 11.8 Å². The lowest BCUT2D eigenvalue weighted by Crippen LogP contribution is -1.98. The molecule has 2 heteroatoms. The van der Waals surface area contributed by atoms with Crippen LogP contribution in [0.5, 0.6) is 0 Å². The average Bonchev–Trinajstić information content (AvgIpc) is 2.43. The van der Waals surface area contributed by atoms with Crippen molar-refractivity contribution in [3.05, 3.63) is 59.2 Å². The van der Waals surface area contributed by atoms with Gasteiger partial charge in [0, 0.05) is 21.8 Å². The van der Waals surface area contributed by atoms with E-state index in [9.17, 15) is 4.79 Å². The van der Waals surface area contributed by atoms with Crippen molar-refractivity contribution < 1.29 is 4.79 Å². The molecule has 0 heterocycles. The second-order valence-corrected chi connectivity index (χ2v) is 5.74. The fourth-order valence-electron chi connectivity index (χ4n) is 1.88. The van der Waals surface area contributed by atoms with Crippen LogP contribution in [0.1, 0.15) is 34.8 Å². The zero-order valence-electron chi connectivity index (χ0n) is 11.6. The monoisotopic (exact) mass is 270 g/mol. The van der Waals surface area contributed by atoms with Gasteiger partial charge in [-0.05, 0) is 43.2 Å². The molecule has 2 aromatic carbocycles. The summed E-state index contributed by atoms with van der Waals surface area (Å²) >= 11 is 1.66. The van der Waals surface area contributed by atoms with Gasteiger partial charge in [0.2, 0.25) is 0 Å². The molecule has 0 saturated heterocycles. The van der Waals surface area contributed by atoms with Crippen molar-refractivity contribution in [2.75, 3.05) is 0 Å². The predicted octanol–water partition coefficient (Wildman–Crippen LogP) is 5.05. The van der Waals surface area contributed by atoms with Crippen LogP contribution >= 0.6 is 11.8 Å². The summed E-state index contributed by atoms with van der Waals surface area (Å²) in [7, 11) is 0. The number of hydrogen-bond donors (Lipinski definition) is 0. The van der Waals surface area contributed by atoms with Crippen molar-refractivity contribution in [1.29, 1.82) is 0 Å². The molecule has 0 aromatic heterocycles. The zero-order valence-corrected chi connectivity index (χ0v) is 12.4. The Morgan fingerprint density at radius 2 is 1.79 bits per heavy atom. The van der Waals surface area contributed by atoms with Gasteiger partial charge in [0.25, 0.3) is 0 Å². The molecule has 19 heavy (non-hydrogen) atoms. The molecule has 0 unspecified atom stereocenters. The number of hydrogen-bond acceptors (Lipinski definition) is 2. The Labute approximate surface area is 119 Å². The molecule has 98 valence electrons. The van der Waals surface area contributed by atoms with E-state index in [-0.39, 0.29) is 5.78 Å². The third-order valence-corrected chi connectivity index (χ3v) is 4.28. The summed E-state index contributed by atoms with van der Waals surface area (Å²) in [4.78, 5) is 14.2. The molecule has 0 N–H and O–H groups in total. The molecule has 0 aliphatic carbocycles. The Balaban J connectivity index is 2.32. The Morgan fingerprint density at radius 3 is 2.47 bits per heavy atom. The van der Waals surface area contributed by atoms with E-state index >= 15 is 0 Å². The standard InChI is InChI=1S/C17H18OS/c1-4-16(18)15-7-5-6-8-17(15)19-14-10-9-12(2)13(3)11-14/h5-11H,4H2,1-3H3. The first kappa shape index (κ1) is 13.9. The minimum atomic E-state index is 0.201. The largest absolute Gasteiger partial charge is 0.294 e. The smallest absolute Gasteiger partial charge is 0.163 e. The summed E-state index contributed by atoms with van der Waals surface area (Å²) in [5, 5.41) is 0. The SMILES string of the molecule is CCC(=O)c1ccccc1Sc1ccc(C)c(C)c1. The lowest BCUT2D eigenvalue weighted by molar-refractivity contribution is 0.0985. The molecule has 0 bridgehead atoms. The first-order chi connectivity index (χ1) is 9.11. The van der Waals surface area contributed by atoms with E-state index in [4.69, 9.17) is 0 Å². The van der Waals surface area contributed by atoms with Crippen molar-refractivity contribution in [2.45, 2.75) is 37.0 Å². The average molecular weight is 270 g/mol. The number of carbonyl (C=O) groups is 1. The summed E-state index contributed by atoms with van der Waals surface area (Å²) in [6, 6.07) is 14.2. The molecule has 0 saturated carbocycles. The van der Waals surface area contributed by atoms with E-state index in [0.29, 0.717) is 6.42 Å². The maximum absolute atomic E-state index is 11.9. The van der Waals surface area contributed by atoms with Gasteiger partial charge in [0.05, 0.1) is 0 Å². The van der Waals surface area contributed by atoms with E-state index in [1.807, 2.05) is 31.2 Å². The minimum absolute atomic E-state index is 0.201. The maximum Gasteiger partial charge on any atom is 0.163 e. The number of Topliss-reactive ketones (excluding diaryl/α,β-unsaturated/α-hetero) is 1. The van der Waals surface area contributed by atoms with Crippen LogP contribution in [0.3, 0.4) is 0 Å². The van der Waals surface area contributed by atoms with Gasteiger partial charge in [-0.2, -0.15) is 0 Å². The fraction of sp³-hybridized carbons (Fsp3) is 0.235. The van der Waals surface area contributed by atoms with Gasteiger partial charge in [-0.1, -0.05) is 43.0 Å². The van der Waals surface area contributed by atoms with Crippen molar-refractivity contribution in [1.82, 2.24) is 0 Å². The van der Waals surface area contributed by atoms with Crippen molar-refractivity contribution in [3.63, 3.8) is 0 Å². The summed E-state index contributed by atoms with van der Waals surface area (Å²) in [5.74, 6) is 0.201. The van der Waals surface area contributed by atoms with E-state index in [1.165, 1.54) is 16.0 Å². The Kier molecular flexibility index (Phi) is 4.43. The lowest BCUT2D eigenvalue weighted by Gasteiger charge is -2.09. The van der Waals surface area contributed by atoms with Gasteiger partial charge < -0.3 is 0 Å². The van der Waals surface area contributed by atoms with Crippen LogP contribution in [-0.2, 0) is 0 Å². The predicted molar refractivity (Wildman–Crippen MR) is 81.1 cm³/mol. The van der Waals surface area contributed by atoms with Gasteiger partial charge in [-0.3, -0.25) is 4.79 Å². The number of aryl methyl sites for hydroxylation is 2. The first-order valence-corrected chi connectivity index (χ1v) is 7.30. The Bertz CT molecular complexity index is 602.